The number of hydrogen-bond donors (Lipinski definition) is 1. The molecule has 1 N–H and O–H groups in total. The predicted molar refractivity (Wildman–Crippen MR) is 117 cm³/mol. The molecule has 7 nitrogen and oxygen atoms in total. The Morgan fingerprint density at radius 3 is 2.71 bits per heavy atom. The predicted octanol–water partition coefficient (Wildman–Crippen LogP) is 2.69. The first-order valence-electron chi connectivity index (χ1n) is 10.9. The largest absolute Gasteiger partial charge is 0.478 e. The zero-order chi connectivity index (χ0) is 21.8. The number of nitrogens with one attached hydrogen (secondary N) is 1. The van der Waals surface area contributed by atoms with Crippen LogP contribution in [-0.4, -0.2) is 43.3 Å². The Bertz CT molecular complexity index is 1050. The molecule has 4 rings (SSSR count). The molecule has 2 heterocycles. The van der Waals surface area contributed by atoms with Crippen LogP contribution in [0, 0.1) is 5.92 Å². The maximum absolute atomic E-state index is 13.1. The summed E-state index contributed by atoms with van der Waals surface area (Å²) in [4.78, 5) is 17.1. The molecular weight excluding hydrogens is 414 g/mol. The molecule has 0 bridgehead atoms. The second-order valence-electron chi connectivity index (χ2n) is 8.12. The van der Waals surface area contributed by atoms with Gasteiger partial charge in [-0.3, -0.25) is 4.79 Å². The highest BCUT2D eigenvalue weighted by atomic mass is 32.2. The fourth-order valence-corrected chi connectivity index (χ4v) is 5.86. The van der Waals surface area contributed by atoms with Gasteiger partial charge in [0.25, 0.3) is 0 Å². The summed E-state index contributed by atoms with van der Waals surface area (Å²) in [6.07, 6.45) is 5.78. The van der Waals surface area contributed by atoms with E-state index >= 15 is 0 Å². The van der Waals surface area contributed by atoms with Gasteiger partial charge in [0.05, 0.1) is 11.5 Å². The fourth-order valence-electron chi connectivity index (χ4n) is 4.34. The van der Waals surface area contributed by atoms with Gasteiger partial charge in [-0.1, -0.05) is 6.07 Å². The second-order valence-corrected chi connectivity index (χ2v) is 10.1. The Morgan fingerprint density at radius 2 is 1.94 bits per heavy atom. The van der Waals surface area contributed by atoms with E-state index in [2.05, 4.69) is 10.3 Å². The third kappa shape index (κ3) is 4.91. The van der Waals surface area contributed by atoms with Crippen molar-refractivity contribution in [3.63, 3.8) is 0 Å². The second kappa shape index (κ2) is 9.36. The van der Waals surface area contributed by atoms with Crippen molar-refractivity contribution in [3.8, 4) is 5.88 Å². The molecule has 31 heavy (non-hydrogen) atoms. The Labute approximate surface area is 183 Å². The van der Waals surface area contributed by atoms with E-state index in [1.54, 1.807) is 12.3 Å². The third-order valence-corrected chi connectivity index (χ3v) is 7.99. The molecule has 0 saturated carbocycles. The van der Waals surface area contributed by atoms with E-state index in [-0.39, 0.29) is 11.8 Å². The molecule has 0 radical (unpaired) electrons. The summed E-state index contributed by atoms with van der Waals surface area (Å²) in [5, 5.41) is 2.96. The molecule has 2 aliphatic rings. The molecule has 8 heteroatoms. The molecule has 0 spiro atoms. The minimum Gasteiger partial charge on any atom is -0.478 e. The molecule has 1 aromatic heterocycles. The standard InChI is InChI=1S/C23H29N3O4S/c1-2-30-22-14-17(8-11-24-22)16-25-23(27)19-9-12-26(13-10-19)31(28,29)21-7-6-18-4-3-5-20(18)15-21/h6-8,11,14-15,19H,2-5,9-10,12-13,16H2,1H3,(H,25,27). The van der Waals surface area contributed by atoms with Crippen molar-refractivity contribution in [1.82, 2.24) is 14.6 Å². The number of aromatic nitrogens is 1. The Morgan fingerprint density at radius 1 is 1.16 bits per heavy atom. The molecule has 1 aliphatic carbocycles. The van der Waals surface area contributed by atoms with Gasteiger partial charge in [0.15, 0.2) is 0 Å². The van der Waals surface area contributed by atoms with E-state index in [4.69, 9.17) is 4.74 Å². The maximum Gasteiger partial charge on any atom is 0.243 e. The Balaban J connectivity index is 1.32. The van der Waals surface area contributed by atoms with Crippen molar-refractivity contribution < 1.29 is 17.9 Å². The zero-order valence-corrected chi connectivity index (χ0v) is 18.7. The van der Waals surface area contributed by atoms with Gasteiger partial charge in [-0.25, -0.2) is 13.4 Å². The summed E-state index contributed by atoms with van der Waals surface area (Å²) in [7, 11) is -3.52. The van der Waals surface area contributed by atoms with E-state index in [9.17, 15) is 13.2 Å². The molecule has 166 valence electrons. The quantitative estimate of drug-likeness (QED) is 0.711. The Kier molecular flexibility index (Phi) is 6.57. The van der Waals surface area contributed by atoms with Crippen LogP contribution in [0.5, 0.6) is 5.88 Å². The monoisotopic (exact) mass is 443 g/mol. The summed E-state index contributed by atoms with van der Waals surface area (Å²) < 4.78 is 33.0. The van der Waals surface area contributed by atoms with Gasteiger partial charge in [-0.2, -0.15) is 4.31 Å². The number of nitrogens with zero attached hydrogens (tertiary/aromatic N) is 2. The number of amides is 1. The SMILES string of the molecule is CCOc1cc(CNC(=O)C2CCN(S(=O)(=O)c3ccc4c(c3)CCC4)CC2)ccn1. The number of sulfonamides is 1. The summed E-state index contributed by atoms with van der Waals surface area (Å²) in [6.45, 7) is 3.56. The minimum atomic E-state index is -3.52. The van der Waals surface area contributed by atoms with Crippen LogP contribution in [0.1, 0.15) is 42.9 Å². The van der Waals surface area contributed by atoms with Crippen LogP contribution in [0.3, 0.4) is 0 Å². The molecule has 1 aliphatic heterocycles. The number of ether oxygens (including phenoxy) is 1. The lowest BCUT2D eigenvalue weighted by Gasteiger charge is -2.30. The Hall–Kier alpha value is -2.45. The van der Waals surface area contributed by atoms with Crippen LogP contribution in [0.2, 0.25) is 0 Å². The van der Waals surface area contributed by atoms with Crippen LogP contribution in [-0.2, 0) is 34.2 Å². The van der Waals surface area contributed by atoms with Crippen molar-refractivity contribution in [1.29, 1.82) is 0 Å². The number of aryl methyl sites for hydroxylation is 2. The topological polar surface area (TPSA) is 88.6 Å². The highest BCUT2D eigenvalue weighted by Gasteiger charge is 2.32. The lowest BCUT2D eigenvalue weighted by atomic mass is 9.97. The van der Waals surface area contributed by atoms with E-state index in [0.717, 1.165) is 30.4 Å². The molecule has 0 unspecified atom stereocenters. The molecule has 1 aromatic carbocycles. The number of carbonyl (C=O) groups is 1. The normalized spacial score (nSPS) is 17.3. The van der Waals surface area contributed by atoms with Crippen molar-refractivity contribution in [2.45, 2.75) is 50.5 Å². The first kappa shape index (κ1) is 21.8. The number of carbonyl (C=O) groups excluding carboxylic acids is 1. The number of pyridine rings is 1. The van der Waals surface area contributed by atoms with Crippen molar-refractivity contribution in [3.05, 3.63) is 53.2 Å². The summed E-state index contributed by atoms with van der Waals surface area (Å²) in [5.74, 6) is 0.323. The number of rotatable bonds is 7. The number of benzene rings is 1. The van der Waals surface area contributed by atoms with Gasteiger partial charge in [0.2, 0.25) is 21.8 Å². The molecule has 0 atom stereocenters. The molecular formula is C23H29N3O4S. The smallest absolute Gasteiger partial charge is 0.243 e. The fraction of sp³-hybridized carbons (Fsp3) is 0.478. The van der Waals surface area contributed by atoms with Gasteiger partial charge < -0.3 is 10.1 Å². The summed E-state index contributed by atoms with van der Waals surface area (Å²) in [5.41, 5.74) is 3.33. The van der Waals surface area contributed by atoms with Gasteiger partial charge in [0, 0.05) is 37.8 Å². The van der Waals surface area contributed by atoms with Crippen LogP contribution >= 0.6 is 0 Å². The van der Waals surface area contributed by atoms with E-state index < -0.39 is 10.0 Å². The van der Waals surface area contributed by atoms with Crippen molar-refractivity contribution >= 4 is 15.9 Å². The van der Waals surface area contributed by atoms with E-state index in [1.165, 1.54) is 9.87 Å². The number of piperidine rings is 1. The maximum atomic E-state index is 13.1. The van der Waals surface area contributed by atoms with Crippen LogP contribution in [0.15, 0.2) is 41.4 Å². The first-order valence-corrected chi connectivity index (χ1v) is 12.4. The summed E-state index contributed by atoms with van der Waals surface area (Å²) in [6, 6.07) is 9.17. The lowest BCUT2D eigenvalue weighted by Crippen LogP contribution is -2.42. The van der Waals surface area contributed by atoms with Gasteiger partial charge in [0.1, 0.15) is 0 Å². The lowest BCUT2D eigenvalue weighted by molar-refractivity contribution is -0.126. The van der Waals surface area contributed by atoms with Crippen molar-refractivity contribution in [2.24, 2.45) is 5.92 Å². The van der Waals surface area contributed by atoms with Gasteiger partial charge in [-0.05, 0) is 73.9 Å². The summed E-state index contributed by atoms with van der Waals surface area (Å²) >= 11 is 0. The number of hydrogen-bond acceptors (Lipinski definition) is 5. The first-order chi connectivity index (χ1) is 15.0. The van der Waals surface area contributed by atoms with Gasteiger partial charge in [-0.15, -0.1) is 0 Å². The van der Waals surface area contributed by atoms with Crippen molar-refractivity contribution in [2.75, 3.05) is 19.7 Å². The van der Waals surface area contributed by atoms with Crippen LogP contribution < -0.4 is 10.1 Å². The zero-order valence-electron chi connectivity index (χ0n) is 17.8. The minimum absolute atomic E-state index is 0.0376. The number of fused-ring (bicyclic) bond motifs is 1. The molecule has 1 amide bonds. The van der Waals surface area contributed by atoms with Crippen LogP contribution in [0.25, 0.3) is 0 Å². The molecule has 1 saturated heterocycles. The van der Waals surface area contributed by atoms with Gasteiger partial charge >= 0.3 is 0 Å². The highest BCUT2D eigenvalue weighted by Crippen LogP contribution is 2.28. The van der Waals surface area contributed by atoms with Crippen LogP contribution in [0.4, 0.5) is 0 Å². The molecule has 2 aromatic rings. The van der Waals surface area contributed by atoms with E-state index in [0.29, 0.717) is 49.9 Å². The highest BCUT2D eigenvalue weighted by molar-refractivity contribution is 7.89. The average Bonchev–Trinajstić information content (AvgIpc) is 3.26. The van der Waals surface area contributed by atoms with E-state index in [1.807, 2.05) is 31.2 Å². The molecule has 1 fully saturated rings. The third-order valence-electron chi connectivity index (χ3n) is 6.09. The average molecular weight is 444 g/mol.